The molecule has 0 aliphatic heterocycles. The Hall–Kier alpha value is -1.35. The first-order valence-electron chi connectivity index (χ1n) is 5.68. The smallest absolute Gasteiger partial charge is 0.320 e. The van der Waals surface area contributed by atoms with Gasteiger partial charge in [-0.25, -0.2) is 0 Å². The summed E-state index contributed by atoms with van der Waals surface area (Å²) in [6.45, 7) is 2.73. The first-order valence-corrected chi connectivity index (χ1v) is 5.68. The van der Waals surface area contributed by atoms with Crippen LogP contribution in [0.15, 0.2) is 24.3 Å². The molecule has 1 aliphatic carbocycles. The van der Waals surface area contributed by atoms with Gasteiger partial charge >= 0.3 is 5.97 Å². The van der Waals surface area contributed by atoms with Crippen LogP contribution in [0.2, 0.25) is 0 Å². The predicted octanol–water partition coefficient (Wildman–Crippen LogP) is 1.79. The minimum atomic E-state index is -0.173. The topological polar surface area (TPSA) is 38.3 Å². The molecule has 0 saturated heterocycles. The molecule has 3 heteroatoms. The average molecular weight is 219 g/mol. The monoisotopic (exact) mass is 219 g/mol. The molecule has 0 radical (unpaired) electrons. The fraction of sp³-hybridized carbons (Fsp3) is 0.462. The van der Waals surface area contributed by atoms with E-state index in [1.807, 2.05) is 31.2 Å². The zero-order chi connectivity index (χ0) is 11.4. The molecule has 86 valence electrons. The Morgan fingerprint density at radius 2 is 2.31 bits per heavy atom. The lowest BCUT2D eigenvalue weighted by Crippen LogP contribution is -2.26. The third kappa shape index (κ3) is 3.66. The Balaban J connectivity index is 1.71. The Kier molecular flexibility index (Phi) is 3.57. The van der Waals surface area contributed by atoms with Crippen molar-refractivity contribution in [2.45, 2.75) is 32.4 Å². The number of ether oxygens (including phenoxy) is 1. The van der Waals surface area contributed by atoms with Crippen molar-refractivity contribution >= 4 is 5.97 Å². The second-order valence-corrected chi connectivity index (χ2v) is 4.30. The summed E-state index contributed by atoms with van der Waals surface area (Å²) in [6, 6.07) is 8.54. The Morgan fingerprint density at radius 1 is 1.50 bits per heavy atom. The maximum Gasteiger partial charge on any atom is 0.320 e. The van der Waals surface area contributed by atoms with E-state index in [1.54, 1.807) is 0 Å². The molecule has 0 bridgehead atoms. The molecule has 16 heavy (non-hydrogen) atoms. The SMILES string of the molecule is Cc1cccc(COC(=O)CNC2CC2)c1. The zero-order valence-electron chi connectivity index (χ0n) is 9.53. The molecule has 3 nitrogen and oxygen atoms in total. The van der Waals surface area contributed by atoms with Gasteiger partial charge in [-0.3, -0.25) is 4.79 Å². The molecule has 0 heterocycles. The van der Waals surface area contributed by atoms with Crippen molar-refractivity contribution in [1.82, 2.24) is 5.32 Å². The van der Waals surface area contributed by atoms with E-state index >= 15 is 0 Å². The van der Waals surface area contributed by atoms with Gasteiger partial charge in [0.15, 0.2) is 0 Å². The van der Waals surface area contributed by atoms with Gasteiger partial charge in [-0.15, -0.1) is 0 Å². The van der Waals surface area contributed by atoms with Gasteiger partial charge in [0.1, 0.15) is 6.61 Å². The summed E-state index contributed by atoms with van der Waals surface area (Å²) >= 11 is 0. The highest BCUT2D eigenvalue weighted by atomic mass is 16.5. The molecule has 0 amide bonds. The van der Waals surface area contributed by atoms with Crippen LogP contribution >= 0.6 is 0 Å². The molecule has 1 fully saturated rings. The maximum absolute atomic E-state index is 11.3. The van der Waals surface area contributed by atoms with Crippen molar-refractivity contribution in [1.29, 1.82) is 0 Å². The third-order valence-electron chi connectivity index (χ3n) is 2.59. The molecule has 1 N–H and O–H groups in total. The molecule has 1 aromatic carbocycles. The van der Waals surface area contributed by atoms with E-state index in [2.05, 4.69) is 5.32 Å². The number of hydrogen-bond donors (Lipinski definition) is 1. The van der Waals surface area contributed by atoms with Crippen molar-refractivity contribution in [3.63, 3.8) is 0 Å². The van der Waals surface area contributed by atoms with Crippen LogP contribution in [0.5, 0.6) is 0 Å². The molecule has 1 aromatic rings. The number of aryl methyl sites for hydroxylation is 1. The normalized spacial score (nSPS) is 14.8. The van der Waals surface area contributed by atoms with Crippen LogP contribution in [0.3, 0.4) is 0 Å². The van der Waals surface area contributed by atoms with E-state index in [-0.39, 0.29) is 5.97 Å². The van der Waals surface area contributed by atoms with E-state index in [0.29, 0.717) is 19.2 Å². The van der Waals surface area contributed by atoms with Gasteiger partial charge < -0.3 is 10.1 Å². The number of carbonyl (C=O) groups is 1. The number of rotatable bonds is 5. The standard InChI is InChI=1S/C13H17NO2/c1-10-3-2-4-11(7-10)9-16-13(15)8-14-12-5-6-12/h2-4,7,12,14H,5-6,8-9H2,1H3. The van der Waals surface area contributed by atoms with E-state index in [4.69, 9.17) is 4.74 Å². The molecule has 0 aromatic heterocycles. The highest BCUT2D eigenvalue weighted by Gasteiger charge is 2.21. The predicted molar refractivity (Wildman–Crippen MR) is 62.0 cm³/mol. The first kappa shape index (κ1) is 11.1. The van der Waals surface area contributed by atoms with Crippen molar-refractivity contribution in [3.05, 3.63) is 35.4 Å². The fourth-order valence-electron chi connectivity index (χ4n) is 1.53. The summed E-state index contributed by atoms with van der Waals surface area (Å²) in [4.78, 5) is 11.3. The van der Waals surface area contributed by atoms with Gasteiger partial charge in [-0.2, -0.15) is 0 Å². The van der Waals surface area contributed by atoms with Gasteiger partial charge in [0, 0.05) is 6.04 Å². The molecule has 0 spiro atoms. The van der Waals surface area contributed by atoms with Gasteiger partial charge in [0.25, 0.3) is 0 Å². The molecule has 1 saturated carbocycles. The van der Waals surface area contributed by atoms with Gasteiger partial charge in [-0.1, -0.05) is 29.8 Å². The highest BCUT2D eigenvalue weighted by molar-refractivity contribution is 5.71. The largest absolute Gasteiger partial charge is 0.460 e. The van der Waals surface area contributed by atoms with Crippen LogP contribution in [-0.2, 0) is 16.1 Å². The fourth-order valence-corrected chi connectivity index (χ4v) is 1.53. The zero-order valence-corrected chi connectivity index (χ0v) is 9.53. The quantitative estimate of drug-likeness (QED) is 0.767. The molecular formula is C13H17NO2. The number of nitrogens with one attached hydrogen (secondary N) is 1. The molecule has 0 unspecified atom stereocenters. The van der Waals surface area contributed by atoms with Crippen molar-refractivity contribution in [3.8, 4) is 0 Å². The van der Waals surface area contributed by atoms with Crippen LogP contribution < -0.4 is 5.32 Å². The summed E-state index contributed by atoms with van der Waals surface area (Å²) in [7, 11) is 0. The van der Waals surface area contributed by atoms with Gasteiger partial charge in [-0.05, 0) is 25.3 Å². The summed E-state index contributed by atoms with van der Waals surface area (Å²) in [5.41, 5.74) is 2.23. The van der Waals surface area contributed by atoms with Crippen LogP contribution in [0, 0.1) is 6.92 Å². The summed E-state index contributed by atoms with van der Waals surface area (Å²) in [5, 5.41) is 3.13. The number of esters is 1. The lowest BCUT2D eigenvalue weighted by atomic mass is 10.1. The Bertz CT molecular complexity index is 372. The lowest BCUT2D eigenvalue weighted by molar-refractivity contribution is -0.143. The highest BCUT2D eigenvalue weighted by Crippen LogP contribution is 2.18. The van der Waals surface area contributed by atoms with Crippen molar-refractivity contribution < 1.29 is 9.53 Å². The van der Waals surface area contributed by atoms with Crippen LogP contribution in [-0.4, -0.2) is 18.6 Å². The van der Waals surface area contributed by atoms with Crippen molar-refractivity contribution in [2.24, 2.45) is 0 Å². The van der Waals surface area contributed by atoms with Crippen LogP contribution in [0.1, 0.15) is 24.0 Å². The molecule has 0 atom stereocenters. The van der Waals surface area contributed by atoms with E-state index < -0.39 is 0 Å². The maximum atomic E-state index is 11.3. The minimum absolute atomic E-state index is 0.173. The molecule has 2 rings (SSSR count). The van der Waals surface area contributed by atoms with E-state index in [9.17, 15) is 4.79 Å². The van der Waals surface area contributed by atoms with Crippen LogP contribution in [0.4, 0.5) is 0 Å². The number of carbonyl (C=O) groups excluding carboxylic acids is 1. The van der Waals surface area contributed by atoms with E-state index in [0.717, 1.165) is 5.56 Å². The van der Waals surface area contributed by atoms with Crippen LogP contribution in [0.25, 0.3) is 0 Å². The lowest BCUT2D eigenvalue weighted by Gasteiger charge is -2.06. The number of hydrogen-bond acceptors (Lipinski definition) is 3. The Labute approximate surface area is 95.8 Å². The first-order chi connectivity index (χ1) is 7.74. The summed E-state index contributed by atoms with van der Waals surface area (Å²) in [6.07, 6.45) is 2.37. The second-order valence-electron chi connectivity index (χ2n) is 4.30. The average Bonchev–Trinajstić information content (AvgIpc) is 3.07. The Morgan fingerprint density at radius 3 is 3.00 bits per heavy atom. The number of benzene rings is 1. The molecular weight excluding hydrogens is 202 g/mol. The van der Waals surface area contributed by atoms with Gasteiger partial charge in [0.05, 0.1) is 6.54 Å². The van der Waals surface area contributed by atoms with Gasteiger partial charge in [0.2, 0.25) is 0 Å². The molecule has 1 aliphatic rings. The second kappa shape index (κ2) is 5.12. The van der Waals surface area contributed by atoms with E-state index in [1.165, 1.54) is 18.4 Å². The summed E-state index contributed by atoms with van der Waals surface area (Å²) in [5.74, 6) is -0.173. The summed E-state index contributed by atoms with van der Waals surface area (Å²) < 4.78 is 5.16. The van der Waals surface area contributed by atoms with Crippen molar-refractivity contribution in [2.75, 3.05) is 6.54 Å². The minimum Gasteiger partial charge on any atom is -0.460 e. The third-order valence-corrected chi connectivity index (χ3v) is 2.59.